The van der Waals surface area contributed by atoms with Gasteiger partial charge in [-0.1, -0.05) is 54.1 Å². The molecule has 0 radical (unpaired) electrons. The van der Waals surface area contributed by atoms with Crippen molar-refractivity contribution in [2.24, 2.45) is 11.8 Å². The topological polar surface area (TPSA) is 83.5 Å². The van der Waals surface area contributed by atoms with Gasteiger partial charge in [-0.25, -0.2) is 0 Å². The number of benzene rings is 2. The van der Waals surface area contributed by atoms with Gasteiger partial charge in [0.25, 0.3) is 0 Å². The van der Waals surface area contributed by atoms with Gasteiger partial charge >= 0.3 is 5.97 Å². The zero-order valence-electron chi connectivity index (χ0n) is 15.0. The summed E-state index contributed by atoms with van der Waals surface area (Å²) < 4.78 is 0. The van der Waals surface area contributed by atoms with E-state index >= 15 is 0 Å². The Bertz CT molecular complexity index is 902. The SMILES string of the molecule is Cc1ccc(NC(=O)[C@H]2CC=CC[C@@H]2C(=O)O)c(C(=O)c2ccccc2)c1. The molecule has 3 rings (SSSR count). The summed E-state index contributed by atoms with van der Waals surface area (Å²) in [4.78, 5) is 37.1. The number of ketones is 1. The summed E-state index contributed by atoms with van der Waals surface area (Å²) in [5.41, 5.74) is 2.23. The number of amides is 1. The average Bonchev–Trinajstić information content (AvgIpc) is 2.69. The average molecular weight is 363 g/mol. The van der Waals surface area contributed by atoms with Gasteiger partial charge in [0.1, 0.15) is 0 Å². The van der Waals surface area contributed by atoms with Gasteiger partial charge in [-0.2, -0.15) is 0 Å². The molecule has 0 saturated heterocycles. The number of carboxylic acids is 1. The molecule has 0 aliphatic heterocycles. The Balaban J connectivity index is 1.89. The molecule has 2 aromatic rings. The van der Waals surface area contributed by atoms with Crippen molar-refractivity contribution in [2.75, 3.05) is 5.32 Å². The summed E-state index contributed by atoms with van der Waals surface area (Å²) in [6, 6.07) is 14.1. The lowest BCUT2D eigenvalue weighted by atomic mass is 9.82. The second-order valence-electron chi connectivity index (χ2n) is 6.73. The normalized spacial score (nSPS) is 18.7. The van der Waals surface area contributed by atoms with Gasteiger partial charge in [-0.15, -0.1) is 0 Å². The first-order valence-corrected chi connectivity index (χ1v) is 8.86. The van der Waals surface area contributed by atoms with Crippen LogP contribution < -0.4 is 5.32 Å². The smallest absolute Gasteiger partial charge is 0.307 e. The van der Waals surface area contributed by atoms with Crippen molar-refractivity contribution >= 4 is 23.3 Å². The molecule has 0 spiro atoms. The van der Waals surface area contributed by atoms with Crippen molar-refractivity contribution in [3.8, 4) is 0 Å². The molecule has 1 amide bonds. The Labute approximate surface area is 157 Å². The van der Waals surface area contributed by atoms with Crippen molar-refractivity contribution in [3.05, 3.63) is 77.4 Å². The van der Waals surface area contributed by atoms with Crippen LogP contribution in [0.4, 0.5) is 5.69 Å². The first-order valence-electron chi connectivity index (χ1n) is 8.86. The van der Waals surface area contributed by atoms with Crippen molar-refractivity contribution in [2.45, 2.75) is 19.8 Å². The highest BCUT2D eigenvalue weighted by molar-refractivity contribution is 6.14. The number of allylic oxidation sites excluding steroid dienone is 2. The summed E-state index contributed by atoms with van der Waals surface area (Å²) in [5.74, 6) is -2.96. The van der Waals surface area contributed by atoms with Crippen LogP contribution in [0.2, 0.25) is 0 Å². The predicted molar refractivity (Wildman–Crippen MR) is 103 cm³/mol. The van der Waals surface area contributed by atoms with Crippen molar-refractivity contribution in [1.29, 1.82) is 0 Å². The van der Waals surface area contributed by atoms with Gasteiger partial charge in [0.2, 0.25) is 5.91 Å². The number of nitrogens with one attached hydrogen (secondary N) is 1. The molecule has 0 heterocycles. The van der Waals surface area contributed by atoms with Gasteiger partial charge in [-0.3, -0.25) is 14.4 Å². The largest absolute Gasteiger partial charge is 0.481 e. The van der Waals surface area contributed by atoms with Crippen LogP contribution in [0.5, 0.6) is 0 Å². The molecular formula is C22H21NO4. The summed E-state index contributed by atoms with van der Waals surface area (Å²) in [5, 5.41) is 12.2. The number of carboxylic acid groups (broad SMARTS) is 1. The fourth-order valence-corrected chi connectivity index (χ4v) is 3.30. The third kappa shape index (κ3) is 4.14. The molecule has 1 aliphatic rings. The number of aliphatic carboxylic acids is 1. The fourth-order valence-electron chi connectivity index (χ4n) is 3.30. The number of aryl methyl sites for hydroxylation is 1. The number of hydrogen-bond donors (Lipinski definition) is 2. The molecule has 2 N–H and O–H groups in total. The zero-order chi connectivity index (χ0) is 19.4. The molecule has 2 aromatic carbocycles. The molecule has 5 heteroatoms. The number of anilines is 1. The lowest BCUT2D eigenvalue weighted by Crippen LogP contribution is -2.35. The minimum Gasteiger partial charge on any atom is -0.481 e. The maximum Gasteiger partial charge on any atom is 0.307 e. The molecule has 0 unspecified atom stereocenters. The van der Waals surface area contributed by atoms with Gasteiger partial charge in [0.05, 0.1) is 17.5 Å². The molecule has 5 nitrogen and oxygen atoms in total. The Kier molecular flexibility index (Phi) is 5.50. The Morgan fingerprint density at radius 3 is 2.30 bits per heavy atom. The minimum absolute atomic E-state index is 0.187. The molecule has 138 valence electrons. The number of rotatable bonds is 5. The highest BCUT2D eigenvalue weighted by Gasteiger charge is 2.34. The van der Waals surface area contributed by atoms with E-state index in [2.05, 4.69) is 5.32 Å². The van der Waals surface area contributed by atoms with E-state index in [1.165, 1.54) is 0 Å². The Morgan fingerprint density at radius 1 is 0.963 bits per heavy atom. The Morgan fingerprint density at radius 2 is 1.63 bits per heavy atom. The number of carbonyl (C=O) groups excluding carboxylic acids is 2. The molecule has 2 atom stereocenters. The van der Waals surface area contributed by atoms with E-state index in [1.54, 1.807) is 42.5 Å². The van der Waals surface area contributed by atoms with E-state index in [-0.39, 0.29) is 11.7 Å². The maximum absolute atomic E-state index is 12.9. The number of carbonyl (C=O) groups is 3. The monoisotopic (exact) mass is 363 g/mol. The molecule has 1 aliphatic carbocycles. The molecule has 0 aromatic heterocycles. The van der Waals surface area contributed by atoms with Crippen LogP contribution in [0.15, 0.2) is 60.7 Å². The molecule has 0 fully saturated rings. The zero-order valence-corrected chi connectivity index (χ0v) is 15.0. The third-order valence-corrected chi connectivity index (χ3v) is 4.80. The first kappa shape index (κ1) is 18.6. The van der Waals surface area contributed by atoms with Crippen LogP contribution in [0.3, 0.4) is 0 Å². The lowest BCUT2D eigenvalue weighted by Gasteiger charge is -2.24. The highest BCUT2D eigenvalue weighted by Crippen LogP contribution is 2.28. The van der Waals surface area contributed by atoms with E-state index in [0.29, 0.717) is 29.7 Å². The first-order chi connectivity index (χ1) is 13.0. The van der Waals surface area contributed by atoms with E-state index in [4.69, 9.17) is 0 Å². The fraction of sp³-hybridized carbons (Fsp3) is 0.227. The quantitative estimate of drug-likeness (QED) is 0.625. The van der Waals surface area contributed by atoms with Gasteiger partial charge < -0.3 is 10.4 Å². The summed E-state index contributed by atoms with van der Waals surface area (Å²) in [6.45, 7) is 1.87. The van der Waals surface area contributed by atoms with Crippen LogP contribution in [-0.4, -0.2) is 22.8 Å². The van der Waals surface area contributed by atoms with Crippen molar-refractivity contribution in [3.63, 3.8) is 0 Å². The molecule has 27 heavy (non-hydrogen) atoms. The van der Waals surface area contributed by atoms with Gasteiger partial charge in [0, 0.05) is 11.1 Å². The second kappa shape index (κ2) is 7.99. The minimum atomic E-state index is -0.982. The summed E-state index contributed by atoms with van der Waals surface area (Å²) in [7, 11) is 0. The standard InChI is InChI=1S/C22H21NO4/c1-14-11-12-19(18(13-14)20(24)15-7-3-2-4-8-15)23-21(25)16-9-5-6-10-17(16)22(26)27/h2-8,11-13,16-17H,9-10H2,1H3,(H,23,25)(H,26,27)/t16-,17-/m0/s1. The van der Waals surface area contributed by atoms with Crippen LogP contribution in [0, 0.1) is 18.8 Å². The predicted octanol–water partition coefficient (Wildman–Crippen LogP) is 3.83. The van der Waals surface area contributed by atoms with E-state index in [1.807, 2.05) is 25.1 Å². The molecular weight excluding hydrogens is 342 g/mol. The molecule has 0 bridgehead atoms. The van der Waals surface area contributed by atoms with Gasteiger partial charge in [-0.05, 0) is 31.9 Å². The van der Waals surface area contributed by atoms with Gasteiger partial charge in [0.15, 0.2) is 5.78 Å². The van der Waals surface area contributed by atoms with E-state index in [0.717, 1.165) is 5.56 Å². The van der Waals surface area contributed by atoms with Crippen LogP contribution in [0.1, 0.15) is 34.3 Å². The second-order valence-corrected chi connectivity index (χ2v) is 6.73. The summed E-state index contributed by atoms with van der Waals surface area (Å²) in [6.07, 6.45) is 4.32. The summed E-state index contributed by atoms with van der Waals surface area (Å²) >= 11 is 0. The van der Waals surface area contributed by atoms with E-state index < -0.39 is 17.8 Å². The lowest BCUT2D eigenvalue weighted by molar-refractivity contribution is -0.146. The van der Waals surface area contributed by atoms with Crippen molar-refractivity contribution < 1.29 is 19.5 Å². The number of hydrogen-bond acceptors (Lipinski definition) is 3. The van der Waals surface area contributed by atoms with E-state index in [9.17, 15) is 19.5 Å². The van der Waals surface area contributed by atoms with Crippen LogP contribution in [-0.2, 0) is 9.59 Å². The van der Waals surface area contributed by atoms with Crippen molar-refractivity contribution in [1.82, 2.24) is 0 Å². The van der Waals surface area contributed by atoms with Crippen LogP contribution >= 0.6 is 0 Å². The highest BCUT2D eigenvalue weighted by atomic mass is 16.4. The Hall–Kier alpha value is -3.21. The maximum atomic E-state index is 12.9. The third-order valence-electron chi connectivity index (χ3n) is 4.80. The van der Waals surface area contributed by atoms with Crippen LogP contribution in [0.25, 0.3) is 0 Å². The molecule has 0 saturated carbocycles.